The molecule has 2 aliphatic rings. The lowest BCUT2D eigenvalue weighted by atomic mass is 9.74. The third kappa shape index (κ3) is 3.66. The summed E-state index contributed by atoms with van der Waals surface area (Å²) in [5, 5.41) is 16.9. The van der Waals surface area contributed by atoms with E-state index in [1.165, 1.54) is 23.6 Å². The molecule has 9 heteroatoms. The highest BCUT2D eigenvalue weighted by atomic mass is 16.3. The molecule has 0 saturated heterocycles. The Kier molecular flexibility index (Phi) is 5.38. The van der Waals surface area contributed by atoms with Crippen LogP contribution in [0.4, 0.5) is 17.1 Å². The van der Waals surface area contributed by atoms with Gasteiger partial charge in [0.25, 0.3) is 16.8 Å². The Morgan fingerprint density at radius 2 is 1.91 bits per heavy atom. The number of nitrogens with zero attached hydrogens (tertiary/aromatic N) is 3. The van der Waals surface area contributed by atoms with Crippen molar-refractivity contribution < 1.29 is 9.90 Å². The van der Waals surface area contributed by atoms with Crippen LogP contribution in [0.2, 0.25) is 0 Å². The molecule has 4 unspecified atom stereocenters. The van der Waals surface area contributed by atoms with Crippen molar-refractivity contribution in [2.75, 3.05) is 24.7 Å². The molecule has 2 heterocycles. The summed E-state index contributed by atoms with van der Waals surface area (Å²) in [4.78, 5) is 47.5. The average molecular weight is 476 g/mol. The van der Waals surface area contributed by atoms with E-state index in [0.29, 0.717) is 11.8 Å². The highest BCUT2D eigenvalue weighted by Crippen LogP contribution is 2.66. The second-order valence-corrected chi connectivity index (χ2v) is 10.2. The van der Waals surface area contributed by atoms with Crippen molar-refractivity contribution in [3.63, 3.8) is 0 Å². The van der Waals surface area contributed by atoms with Crippen molar-refractivity contribution in [2.24, 2.45) is 17.3 Å². The molecule has 9 nitrogen and oxygen atoms in total. The van der Waals surface area contributed by atoms with Gasteiger partial charge in [-0.2, -0.15) is 0 Å². The number of anilines is 3. The highest BCUT2D eigenvalue weighted by molar-refractivity contribution is 5.97. The number of fused-ring (bicyclic) bond motifs is 1. The number of carbonyl (C=O) groups is 1. The number of amides is 1. The van der Waals surface area contributed by atoms with Gasteiger partial charge in [0.15, 0.2) is 11.4 Å². The Hall–Kier alpha value is -3.75. The van der Waals surface area contributed by atoms with Crippen LogP contribution in [0.5, 0.6) is 5.75 Å². The van der Waals surface area contributed by atoms with Crippen LogP contribution < -0.4 is 21.5 Å². The van der Waals surface area contributed by atoms with Gasteiger partial charge in [-0.3, -0.25) is 19.4 Å². The molecule has 35 heavy (non-hydrogen) atoms. The van der Waals surface area contributed by atoms with Gasteiger partial charge in [0, 0.05) is 26.5 Å². The number of rotatable bonds is 7. The molecule has 0 spiro atoms. The number of hydrogen-bond acceptors (Lipinski definition) is 8. The van der Waals surface area contributed by atoms with E-state index in [-0.39, 0.29) is 40.0 Å². The third-order valence-corrected chi connectivity index (χ3v) is 7.80. The number of carbonyl (C=O) groups excluding carboxylic acids is 1. The minimum atomic E-state index is -0.679. The van der Waals surface area contributed by atoms with E-state index in [1.807, 2.05) is 19.1 Å². The Bertz CT molecular complexity index is 1390. The van der Waals surface area contributed by atoms with Gasteiger partial charge >= 0.3 is 0 Å². The predicted molar refractivity (Wildman–Crippen MR) is 133 cm³/mol. The molecule has 2 aromatic heterocycles. The SMILES string of the molecule is Cc1cccnc1C(Nc1c(Nc2ccnc(C(=O)N(C)C)c2O)c(=O)c1=O)C1(C)CCC2CC21. The number of aromatic hydroxyl groups is 1. The van der Waals surface area contributed by atoms with Gasteiger partial charge in [0.2, 0.25) is 0 Å². The van der Waals surface area contributed by atoms with Crippen LogP contribution in [0, 0.1) is 24.2 Å². The zero-order valence-corrected chi connectivity index (χ0v) is 20.3. The molecule has 1 amide bonds. The molecule has 2 aliphatic carbocycles. The van der Waals surface area contributed by atoms with Crippen LogP contribution in [-0.4, -0.2) is 40.0 Å². The molecule has 1 aromatic carbocycles. The fraction of sp³-hybridized carbons (Fsp3) is 0.423. The molecule has 2 saturated carbocycles. The first kappa shape index (κ1) is 23.0. The third-order valence-electron chi connectivity index (χ3n) is 7.80. The molecule has 3 N–H and O–H groups in total. The first-order valence-corrected chi connectivity index (χ1v) is 11.8. The molecule has 4 atom stereocenters. The summed E-state index contributed by atoms with van der Waals surface area (Å²) in [5.74, 6) is 0.396. The summed E-state index contributed by atoms with van der Waals surface area (Å²) in [7, 11) is 3.10. The summed E-state index contributed by atoms with van der Waals surface area (Å²) in [5.41, 5.74) is 0.701. The van der Waals surface area contributed by atoms with Crippen LogP contribution in [0.1, 0.15) is 54.0 Å². The number of nitrogens with one attached hydrogen (secondary N) is 2. The summed E-state index contributed by atoms with van der Waals surface area (Å²) in [6.45, 7) is 4.24. The Morgan fingerprint density at radius 3 is 2.54 bits per heavy atom. The van der Waals surface area contributed by atoms with Gasteiger partial charge in [0.05, 0.1) is 17.4 Å². The minimum absolute atomic E-state index is 0.0623. The normalized spacial score (nSPS) is 23.5. The van der Waals surface area contributed by atoms with Gasteiger partial charge in [-0.1, -0.05) is 13.0 Å². The number of aryl methyl sites for hydroxylation is 1. The lowest BCUT2D eigenvalue weighted by molar-refractivity contribution is 0.0819. The van der Waals surface area contributed by atoms with Crippen LogP contribution in [0.3, 0.4) is 0 Å². The van der Waals surface area contributed by atoms with Crippen LogP contribution in [0.15, 0.2) is 40.2 Å². The summed E-state index contributed by atoms with van der Waals surface area (Å²) >= 11 is 0. The smallest absolute Gasteiger partial charge is 0.275 e. The largest absolute Gasteiger partial charge is 0.504 e. The quantitative estimate of drug-likeness (QED) is 0.445. The lowest BCUT2D eigenvalue weighted by Crippen LogP contribution is -2.41. The van der Waals surface area contributed by atoms with Crippen LogP contribution in [0.25, 0.3) is 0 Å². The van der Waals surface area contributed by atoms with Gasteiger partial charge in [-0.25, -0.2) is 4.98 Å². The first-order chi connectivity index (χ1) is 16.6. The molecular formula is C26H29N5O4. The second kappa shape index (κ2) is 8.18. The lowest BCUT2D eigenvalue weighted by Gasteiger charge is -2.38. The van der Waals surface area contributed by atoms with E-state index in [1.54, 1.807) is 20.3 Å². The first-order valence-electron chi connectivity index (χ1n) is 11.8. The summed E-state index contributed by atoms with van der Waals surface area (Å²) < 4.78 is 0. The van der Waals surface area contributed by atoms with Crippen LogP contribution in [-0.2, 0) is 0 Å². The molecule has 182 valence electrons. The van der Waals surface area contributed by atoms with Crippen molar-refractivity contribution in [2.45, 2.75) is 39.2 Å². The second-order valence-electron chi connectivity index (χ2n) is 10.2. The average Bonchev–Trinajstić information content (AvgIpc) is 3.57. The molecule has 0 aliphatic heterocycles. The van der Waals surface area contributed by atoms with E-state index >= 15 is 0 Å². The fourth-order valence-corrected chi connectivity index (χ4v) is 5.61. The van der Waals surface area contributed by atoms with Crippen molar-refractivity contribution in [1.29, 1.82) is 0 Å². The van der Waals surface area contributed by atoms with Gasteiger partial charge in [0.1, 0.15) is 11.4 Å². The maximum Gasteiger partial charge on any atom is 0.275 e. The van der Waals surface area contributed by atoms with Crippen molar-refractivity contribution in [3.8, 4) is 5.75 Å². The number of aromatic nitrogens is 2. The number of hydrogen-bond donors (Lipinski definition) is 3. The van der Waals surface area contributed by atoms with E-state index in [4.69, 9.17) is 0 Å². The van der Waals surface area contributed by atoms with E-state index < -0.39 is 16.8 Å². The maximum absolute atomic E-state index is 12.7. The fourth-order valence-electron chi connectivity index (χ4n) is 5.61. The zero-order valence-electron chi connectivity index (χ0n) is 20.3. The monoisotopic (exact) mass is 475 g/mol. The highest BCUT2D eigenvalue weighted by Gasteiger charge is 2.59. The molecule has 3 aromatic rings. The molecule has 5 rings (SSSR count). The van der Waals surface area contributed by atoms with Gasteiger partial charge in [-0.05, 0) is 61.1 Å². The molecular weight excluding hydrogens is 446 g/mol. The Balaban J connectivity index is 1.51. The van der Waals surface area contributed by atoms with Crippen molar-refractivity contribution >= 4 is 23.0 Å². The van der Waals surface area contributed by atoms with Gasteiger partial charge < -0.3 is 20.6 Å². The minimum Gasteiger partial charge on any atom is -0.504 e. The van der Waals surface area contributed by atoms with Gasteiger partial charge in [-0.15, -0.1) is 0 Å². The van der Waals surface area contributed by atoms with E-state index in [2.05, 4.69) is 27.5 Å². The summed E-state index contributed by atoms with van der Waals surface area (Å²) in [6, 6.07) is 5.09. The molecule has 2 fully saturated rings. The zero-order chi connectivity index (χ0) is 25.1. The standard InChI is InChI=1S/C26H29N5O4/c1-13-6-5-10-27-17(13)24(26(2)9-7-14-12-15(14)26)30-19-18(22(33)23(19)34)29-16-8-11-28-20(21(16)32)25(35)31(3)4/h5-6,8,10-11,14-15,24,30,32H,7,9,12H2,1-4H3,(H,28,29). The molecule has 0 bridgehead atoms. The van der Waals surface area contributed by atoms with Crippen LogP contribution >= 0.6 is 0 Å². The summed E-state index contributed by atoms with van der Waals surface area (Å²) in [6.07, 6.45) is 6.44. The predicted octanol–water partition coefficient (Wildman–Crippen LogP) is 3.12. The van der Waals surface area contributed by atoms with E-state index in [9.17, 15) is 19.5 Å². The number of pyridine rings is 2. The molecule has 0 radical (unpaired) electrons. The van der Waals surface area contributed by atoms with Crippen molar-refractivity contribution in [1.82, 2.24) is 14.9 Å². The Morgan fingerprint density at radius 1 is 1.17 bits per heavy atom. The Labute approximate surface area is 202 Å². The topological polar surface area (TPSA) is 125 Å². The van der Waals surface area contributed by atoms with E-state index in [0.717, 1.165) is 24.1 Å². The van der Waals surface area contributed by atoms with Crippen molar-refractivity contribution in [3.05, 3.63) is 68.0 Å². The maximum atomic E-state index is 12.7.